The first kappa shape index (κ1) is 10.9. The van der Waals surface area contributed by atoms with Gasteiger partial charge in [-0.3, -0.25) is 0 Å². The number of aryl methyl sites for hydroxylation is 1. The van der Waals surface area contributed by atoms with Crippen LogP contribution in [0.3, 0.4) is 0 Å². The minimum atomic E-state index is 0.876. The Labute approximate surface area is 86.7 Å². The fourth-order valence-corrected chi connectivity index (χ4v) is 1.60. The lowest BCUT2D eigenvalue weighted by Crippen LogP contribution is -2.23. The third-order valence-corrected chi connectivity index (χ3v) is 2.49. The quantitative estimate of drug-likeness (QED) is 0.743. The van der Waals surface area contributed by atoms with Crippen molar-refractivity contribution >= 4 is 11.4 Å². The Morgan fingerprint density at radius 2 is 2.00 bits per heavy atom. The third kappa shape index (κ3) is 2.41. The molecule has 0 amide bonds. The summed E-state index contributed by atoms with van der Waals surface area (Å²) in [5.41, 5.74) is 9.10. The molecule has 0 unspecified atom stereocenters. The Bertz CT molecular complexity index is 294. The van der Waals surface area contributed by atoms with Crippen molar-refractivity contribution < 1.29 is 0 Å². The van der Waals surface area contributed by atoms with E-state index in [4.69, 9.17) is 5.73 Å². The summed E-state index contributed by atoms with van der Waals surface area (Å²) in [6.07, 6.45) is 1.18. The van der Waals surface area contributed by atoms with E-state index in [0.717, 1.165) is 24.3 Å². The SMILES string of the molecule is CCCN(CC)c1ccc(N)c(C)c1. The maximum absolute atomic E-state index is 5.79. The van der Waals surface area contributed by atoms with Crippen LogP contribution in [0.5, 0.6) is 0 Å². The minimum absolute atomic E-state index is 0.876. The second kappa shape index (κ2) is 4.89. The van der Waals surface area contributed by atoms with Gasteiger partial charge in [-0.1, -0.05) is 6.92 Å². The molecule has 0 saturated carbocycles. The van der Waals surface area contributed by atoms with Gasteiger partial charge in [0.15, 0.2) is 0 Å². The highest BCUT2D eigenvalue weighted by atomic mass is 15.1. The summed E-state index contributed by atoms with van der Waals surface area (Å²) in [7, 11) is 0. The molecule has 1 rings (SSSR count). The van der Waals surface area contributed by atoms with Crippen LogP contribution in [-0.4, -0.2) is 13.1 Å². The van der Waals surface area contributed by atoms with E-state index in [0.29, 0.717) is 0 Å². The highest BCUT2D eigenvalue weighted by molar-refractivity contribution is 5.57. The predicted octanol–water partition coefficient (Wildman–Crippen LogP) is 2.81. The summed E-state index contributed by atoms with van der Waals surface area (Å²) in [5.74, 6) is 0. The zero-order valence-corrected chi connectivity index (χ0v) is 9.38. The van der Waals surface area contributed by atoms with Gasteiger partial charge < -0.3 is 10.6 Å². The van der Waals surface area contributed by atoms with E-state index in [-0.39, 0.29) is 0 Å². The molecule has 1 aromatic carbocycles. The largest absolute Gasteiger partial charge is 0.399 e. The molecule has 78 valence electrons. The van der Waals surface area contributed by atoms with Gasteiger partial charge in [-0.15, -0.1) is 0 Å². The monoisotopic (exact) mass is 192 g/mol. The molecule has 1 aromatic rings. The van der Waals surface area contributed by atoms with E-state index >= 15 is 0 Å². The van der Waals surface area contributed by atoms with Crippen molar-refractivity contribution in [1.82, 2.24) is 0 Å². The fourth-order valence-electron chi connectivity index (χ4n) is 1.60. The second-order valence-corrected chi connectivity index (χ2v) is 3.62. The van der Waals surface area contributed by atoms with Crippen molar-refractivity contribution in [3.63, 3.8) is 0 Å². The van der Waals surface area contributed by atoms with E-state index in [2.05, 4.69) is 37.8 Å². The van der Waals surface area contributed by atoms with Gasteiger partial charge in [0.25, 0.3) is 0 Å². The molecule has 0 spiro atoms. The van der Waals surface area contributed by atoms with Crippen LogP contribution in [0, 0.1) is 6.92 Å². The first-order valence-corrected chi connectivity index (χ1v) is 5.30. The molecule has 0 aliphatic heterocycles. The van der Waals surface area contributed by atoms with Crippen LogP contribution < -0.4 is 10.6 Å². The van der Waals surface area contributed by atoms with E-state index in [1.165, 1.54) is 12.1 Å². The number of nitrogens with two attached hydrogens (primary N) is 1. The Morgan fingerprint density at radius 1 is 1.29 bits per heavy atom. The number of nitrogen functional groups attached to an aromatic ring is 1. The summed E-state index contributed by atoms with van der Waals surface area (Å²) < 4.78 is 0. The second-order valence-electron chi connectivity index (χ2n) is 3.62. The summed E-state index contributed by atoms with van der Waals surface area (Å²) in [6, 6.07) is 6.25. The van der Waals surface area contributed by atoms with Crippen LogP contribution in [0.2, 0.25) is 0 Å². The molecule has 14 heavy (non-hydrogen) atoms. The van der Waals surface area contributed by atoms with Gasteiger partial charge in [-0.2, -0.15) is 0 Å². The minimum Gasteiger partial charge on any atom is -0.399 e. The third-order valence-electron chi connectivity index (χ3n) is 2.49. The van der Waals surface area contributed by atoms with Crippen LogP contribution in [-0.2, 0) is 0 Å². The van der Waals surface area contributed by atoms with Crippen LogP contribution >= 0.6 is 0 Å². The molecule has 0 saturated heterocycles. The average Bonchev–Trinajstić information content (AvgIpc) is 2.19. The molecule has 2 N–H and O–H groups in total. The number of rotatable bonds is 4. The van der Waals surface area contributed by atoms with Crippen molar-refractivity contribution in [3.05, 3.63) is 23.8 Å². The normalized spacial score (nSPS) is 10.2. The number of benzene rings is 1. The number of anilines is 2. The molecule has 0 atom stereocenters. The van der Waals surface area contributed by atoms with Gasteiger partial charge >= 0.3 is 0 Å². The number of hydrogen-bond acceptors (Lipinski definition) is 2. The summed E-state index contributed by atoms with van der Waals surface area (Å²) in [6.45, 7) is 8.60. The van der Waals surface area contributed by atoms with Crippen LogP contribution in [0.25, 0.3) is 0 Å². The standard InChI is InChI=1S/C12H20N2/c1-4-8-14(5-2)11-6-7-12(13)10(3)9-11/h6-7,9H,4-5,8,13H2,1-3H3. The van der Waals surface area contributed by atoms with Crippen molar-refractivity contribution in [2.45, 2.75) is 27.2 Å². The Hall–Kier alpha value is -1.18. The number of nitrogens with zero attached hydrogens (tertiary/aromatic N) is 1. The molecule has 2 nitrogen and oxygen atoms in total. The lowest BCUT2D eigenvalue weighted by Gasteiger charge is -2.23. The van der Waals surface area contributed by atoms with Crippen LogP contribution in [0.15, 0.2) is 18.2 Å². The summed E-state index contributed by atoms with van der Waals surface area (Å²) >= 11 is 0. The molecular formula is C12H20N2. The molecule has 0 aliphatic carbocycles. The van der Waals surface area contributed by atoms with Crippen molar-refractivity contribution in [1.29, 1.82) is 0 Å². The number of hydrogen-bond donors (Lipinski definition) is 1. The van der Waals surface area contributed by atoms with Gasteiger partial charge in [-0.05, 0) is 44.0 Å². The Morgan fingerprint density at radius 3 is 2.50 bits per heavy atom. The Kier molecular flexibility index (Phi) is 3.81. The molecule has 2 heteroatoms. The average molecular weight is 192 g/mol. The summed E-state index contributed by atoms with van der Waals surface area (Å²) in [4.78, 5) is 2.37. The van der Waals surface area contributed by atoms with E-state index in [9.17, 15) is 0 Å². The first-order chi connectivity index (χ1) is 6.69. The molecule has 0 heterocycles. The van der Waals surface area contributed by atoms with E-state index < -0.39 is 0 Å². The van der Waals surface area contributed by atoms with E-state index in [1.54, 1.807) is 0 Å². The molecular weight excluding hydrogens is 172 g/mol. The topological polar surface area (TPSA) is 29.3 Å². The zero-order chi connectivity index (χ0) is 10.6. The molecule has 0 fully saturated rings. The molecule has 0 aromatic heterocycles. The smallest absolute Gasteiger partial charge is 0.0370 e. The van der Waals surface area contributed by atoms with Gasteiger partial charge in [0.05, 0.1) is 0 Å². The fraction of sp³-hybridized carbons (Fsp3) is 0.500. The van der Waals surface area contributed by atoms with Crippen molar-refractivity contribution in [3.8, 4) is 0 Å². The van der Waals surface area contributed by atoms with E-state index in [1.807, 2.05) is 6.07 Å². The molecule has 0 bridgehead atoms. The maximum atomic E-state index is 5.79. The zero-order valence-electron chi connectivity index (χ0n) is 9.38. The lowest BCUT2D eigenvalue weighted by atomic mass is 10.1. The van der Waals surface area contributed by atoms with Gasteiger partial charge in [-0.25, -0.2) is 0 Å². The lowest BCUT2D eigenvalue weighted by molar-refractivity contribution is 0.791. The van der Waals surface area contributed by atoms with Crippen LogP contribution in [0.4, 0.5) is 11.4 Å². The maximum Gasteiger partial charge on any atom is 0.0370 e. The van der Waals surface area contributed by atoms with Crippen LogP contribution in [0.1, 0.15) is 25.8 Å². The van der Waals surface area contributed by atoms with Crippen molar-refractivity contribution in [2.24, 2.45) is 0 Å². The highest BCUT2D eigenvalue weighted by Crippen LogP contribution is 2.20. The molecule has 0 aliphatic rings. The van der Waals surface area contributed by atoms with Gasteiger partial charge in [0, 0.05) is 24.5 Å². The molecule has 0 radical (unpaired) electrons. The summed E-state index contributed by atoms with van der Waals surface area (Å²) in [5, 5.41) is 0. The highest BCUT2D eigenvalue weighted by Gasteiger charge is 2.03. The Balaban J connectivity index is 2.88. The van der Waals surface area contributed by atoms with Crippen molar-refractivity contribution in [2.75, 3.05) is 23.7 Å². The predicted molar refractivity (Wildman–Crippen MR) is 63.8 cm³/mol. The van der Waals surface area contributed by atoms with Gasteiger partial charge in [0.2, 0.25) is 0 Å². The first-order valence-electron chi connectivity index (χ1n) is 5.30. The van der Waals surface area contributed by atoms with Gasteiger partial charge in [0.1, 0.15) is 0 Å².